The van der Waals surface area contributed by atoms with Crippen LogP contribution in [0.15, 0.2) is 12.1 Å². The Bertz CT molecular complexity index is 703. The van der Waals surface area contributed by atoms with Gasteiger partial charge in [-0.2, -0.15) is 31.6 Å². The molecule has 0 bridgehead atoms. The van der Waals surface area contributed by atoms with E-state index in [4.69, 9.17) is 5.26 Å². The van der Waals surface area contributed by atoms with E-state index < -0.39 is 58.5 Å². The maximum Gasteiger partial charge on any atom is 0.416 e. The molecule has 3 unspecified atom stereocenters. The highest BCUT2D eigenvalue weighted by molar-refractivity contribution is 6.05. The molecule has 0 radical (unpaired) electrons. The molecule has 1 aromatic carbocycles. The second-order valence-corrected chi connectivity index (χ2v) is 4.92. The molecule has 0 saturated heterocycles. The van der Waals surface area contributed by atoms with Crippen LogP contribution in [0.2, 0.25) is 0 Å². The number of fused-ring (bicyclic) bond motifs is 1. The van der Waals surface area contributed by atoms with E-state index in [2.05, 4.69) is 0 Å². The van der Waals surface area contributed by atoms with Gasteiger partial charge in [-0.05, 0) is 17.7 Å². The number of hydrogen-bond donors (Lipinski definition) is 2. The van der Waals surface area contributed by atoms with Gasteiger partial charge in [-0.25, -0.2) is 0 Å². The third-order valence-electron chi connectivity index (χ3n) is 3.50. The highest BCUT2D eigenvalue weighted by Crippen LogP contribution is 2.45. The molecule has 0 spiro atoms. The van der Waals surface area contributed by atoms with Crippen molar-refractivity contribution in [2.45, 2.75) is 24.6 Å². The number of rotatable bonds is 1. The van der Waals surface area contributed by atoms with Crippen molar-refractivity contribution in [3.05, 3.63) is 34.4 Å². The Morgan fingerprint density at radius 1 is 1.17 bits per heavy atom. The highest BCUT2D eigenvalue weighted by atomic mass is 19.4. The number of halogens is 6. The standard InChI is InChI=1S/C13H7F6NO3/c14-12(15,16)5-1-4(3-20)7-6(2-5)9(21)8(10(7)22)11(23)13(17,18)19/h1-2,8-9,11,21,23H. The molecule has 3 atom stereocenters. The molecule has 2 rings (SSSR count). The first-order chi connectivity index (χ1) is 10.4. The summed E-state index contributed by atoms with van der Waals surface area (Å²) in [6.45, 7) is 0. The number of nitriles is 1. The van der Waals surface area contributed by atoms with Crippen LogP contribution in [-0.2, 0) is 6.18 Å². The lowest BCUT2D eigenvalue weighted by molar-refractivity contribution is -0.221. The molecule has 1 aliphatic carbocycles. The summed E-state index contributed by atoms with van der Waals surface area (Å²) in [6.07, 6.45) is -15.8. The maximum absolute atomic E-state index is 12.7. The van der Waals surface area contributed by atoms with Gasteiger partial charge >= 0.3 is 12.4 Å². The Labute approximate surface area is 124 Å². The van der Waals surface area contributed by atoms with E-state index in [1.807, 2.05) is 0 Å². The monoisotopic (exact) mass is 339 g/mol. The quantitative estimate of drug-likeness (QED) is 0.770. The summed E-state index contributed by atoms with van der Waals surface area (Å²) in [7, 11) is 0. The fourth-order valence-corrected chi connectivity index (χ4v) is 2.45. The molecule has 0 heterocycles. The molecule has 23 heavy (non-hydrogen) atoms. The zero-order chi connectivity index (χ0) is 17.7. The first-order valence-electron chi connectivity index (χ1n) is 6.02. The Kier molecular flexibility index (Phi) is 3.90. The van der Waals surface area contributed by atoms with Crippen molar-refractivity contribution in [1.29, 1.82) is 5.26 Å². The number of benzene rings is 1. The summed E-state index contributed by atoms with van der Waals surface area (Å²) in [5, 5.41) is 27.8. The fraction of sp³-hybridized carbons (Fsp3) is 0.385. The molecular formula is C13H7F6NO3. The molecule has 4 nitrogen and oxygen atoms in total. The SMILES string of the molecule is N#Cc1cc(C(F)(F)F)cc2c1C(=O)C(C(O)C(F)(F)F)C2O. The zero-order valence-corrected chi connectivity index (χ0v) is 10.9. The number of hydrogen-bond acceptors (Lipinski definition) is 4. The van der Waals surface area contributed by atoms with Gasteiger partial charge in [-0.15, -0.1) is 0 Å². The lowest BCUT2D eigenvalue weighted by Crippen LogP contribution is -2.40. The first kappa shape index (κ1) is 17.2. The van der Waals surface area contributed by atoms with Crippen molar-refractivity contribution < 1.29 is 41.4 Å². The number of carbonyl (C=O) groups is 1. The molecule has 10 heteroatoms. The number of ketones is 1. The zero-order valence-electron chi connectivity index (χ0n) is 10.9. The van der Waals surface area contributed by atoms with Crippen molar-refractivity contribution in [2.24, 2.45) is 5.92 Å². The molecule has 0 aromatic heterocycles. The molecule has 0 saturated carbocycles. The minimum atomic E-state index is -5.26. The smallest absolute Gasteiger partial charge is 0.388 e. The van der Waals surface area contributed by atoms with Crippen LogP contribution in [0.3, 0.4) is 0 Å². The molecule has 1 aromatic rings. The third kappa shape index (κ3) is 2.77. The number of carbonyl (C=O) groups excluding carboxylic acids is 1. The topological polar surface area (TPSA) is 81.3 Å². The molecule has 1 aliphatic rings. The molecule has 0 fully saturated rings. The normalized spacial score (nSPS) is 22.7. The van der Waals surface area contributed by atoms with Gasteiger partial charge < -0.3 is 10.2 Å². The summed E-state index contributed by atoms with van der Waals surface area (Å²) < 4.78 is 75.9. The lowest BCUT2D eigenvalue weighted by atomic mass is 9.95. The van der Waals surface area contributed by atoms with E-state index in [9.17, 15) is 41.4 Å². The van der Waals surface area contributed by atoms with Gasteiger partial charge in [0.15, 0.2) is 11.9 Å². The van der Waals surface area contributed by atoms with E-state index in [0.717, 1.165) is 0 Å². The van der Waals surface area contributed by atoms with Crippen molar-refractivity contribution in [1.82, 2.24) is 0 Å². The maximum atomic E-state index is 12.7. The summed E-state index contributed by atoms with van der Waals surface area (Å²) >= 11 is 0. The Morgan fingerprint density at radius 2 is 1.74 bits per heavy atom. The van der Waals surface area contributed by atoms with E-state index in [1.165, 1.54) is 6.07 Å². The first-order valence-corrected chi connectivity index (χ1v) is 6.02. The van der Waals surface area contributed by atoms with Crippen LogP contribution in [0.4, 0.5) is 26.3 Å². The number of Topliss-reactive ketones (excluding diaryl/α,β-unsaturated/α-hetero) is 1. The number of aliphatic hydroxyl groups is 2. The molecular weight excluding hydrogens is 332 g/mol. The molecule has 124 valence electrons. The summed E-state index contributed by atoms with van der Waals surface area (Å²) in [5.41, 5.74) is -3.69. The van der Waals surface area contributed by atoms with Crippen molar-refractivity contribution >= 4 is 5.78 Å². The Balaban J connectivity index is 2.63. The van der Waals surface area contributed by atoms with E-state index in [1.54, 1.807) is 0 Å². The summed E-state index contributed by atoms with van der Waals surface area (Å²) in [6, 6.07) is 1.91. The van der Waals surface area contributed by atoms with Crippen LogP contribution in [-0.4, -0.2) is 28.3 Å². The Hall–Kier alpha value is -2.12. The second-order valence-electron chi connectivity index (χ2n) is 4.92. The number of nitrogens with zero attached hydrogens (tertiary/aromatic N) is 1. The van der Waals surface area contributed by atoms with E-state index >= 15 is 0 Å². The predicted octanol–water partition coefficient (Wildman–Crippen LogP) is 2.35. The summed E-state index contributed by atoms with van der Waals surface area (Å²) in [4.78, 5) is 12.0. The van der Waals surface area contributed by atoms with Crippen LogP contribution < -0.4 is 0 Å². The van der Waals surface area contributed by atoms with Crippen molar-refractivity contribution in [3.8, 4) is 6.07 Å². The van der Waals surface area contributed by atoms with E-state index in [-0.39, 0.29) is 0 Å². The van der Waals surface area contributed by atoms with Crippen LogP contribution in [0.25, 0.3) is 0 Å². The van der Waals surface area contributed by atoms with Crippen molar-refractivity contribution in [2.75, 3.05) is 0 Å². The lowest BCUT2D eigenvalue weighted by Gasteiger charge is -2.22. The van der Waals surface area contributed by atoms with Crippen LogP contribution >= 0.6 is 0 Å². The van der Waals surface area contributed by atoms with Gasteiger partial charge in [0.25, 0.3) is 0 Å². The highest BCUT2D eigenvalue weighted by Gasteiger charge is 2.54. The van der Waals surface area contributed by atoms with Gasteiger partial charge in [0.2, 0.25) is 0 Å². The minimum absolute atomic E-state index is 0.307. The minimum Gasteiger partial charge on any atom is -0.388 e. The fourth-order valence-electron chi connectivity index (χ4n) is 2.45. The van der Waals surface area contributed by atoms with Gasteiger partial charge in [-0.1, -0.05) is 0 Å². The molecule has 0 amide bonds. The van der Waals surface area contributed by atoms with Crippen LogP contribution in [0, 0.1) is 17.2 Å². The van der Waals surface area contributed by atoms with E-state index in [0.29, 0.717) is 12.1 Å². The van der Waals surface area contributed by atoms with Gasteiger partial charge in [-0.3, -0.25) is 4.79 Å². The van der Waals surface area contributed by atoms with Gasteiger partial charge in [0, 0.05) is 5.56 Å². The van der Waals surface area contributed by atoms with Crippen LogP contribution in [0.5, 0.6) is 0 Å². The largest absolute Gasteiger partial charge is 0.416 e. The predicted molar refractivity (Wildman–Crippen MR) is 61.0 cm³/mol. The number of alkyl halides is 6. The number of aliphatic hydroxyl groups excluding tert-OH is 2. The second kappa shape index (κ2) is 5.21. The average Bonchev–Trinajstić information content (AvgIpc) is 2.67. The average molecular weight is 339 g/mol. The molecule has 0 aliphatic heterocycles. The molecule has 2 N–H and O–H groups in total. The van der Waals surface area contributed by atoms with Crippen LogP contribution in [0.1, 0.15) is 33.2 Å². The van der Waals surface area contributed by atoms with Gasteiger partial charge in [0.05, 0.1) is 29.2 Å². The Morgan fingerprint density at radius 3 is 2.17 bits per heavy atom. The summed E-state index contributed by atoms with van der Waals surface area (Å²) in [5.74, 6) is -3.84. The van der Waals surface area contributed by atoms with Gasteiger partial charge in [0.1, 0.15) is 0 Å². The van der Waals surface area contributed by atoms with Crippen molar-refractivity contribution in [3.63, 3.8) is 0 Å². The third-order valence-corrected chi connectivity index (χ3v) is 3.50.